The third-order valence-electron chi connectivity index (χ3n) is 4.23. The number of fused-ring (bicyclic) bond motifs is 1. The van der Waals surface area contributed by atoms with Gasteiger partial charge < -0.3 is 15.0 Å². The topological polar surface area (TPSA) is 67.0 Å². The minimum atomic E-state index is -0.0283. The number of H-pyrrole nitrogens is 1. The van der Waals surface area contributed by atoms with Crippen LogP contribution in [0.3, 0.4) is 0 Å². The van der Waals surface area contributed by atoms with Crippen molar-refractivity contribution in [2.45, 2.75) is 25.4 Å². The SMILES string of the molecule is O=C(Cc1ccccc1)Nc1ccc2nc(C3CCCO3)[nH]c2c1. The fraction of sp³-hybridized carbons (Fsp3) is 0.263. The lowest BCUT2D eigenvalue weighted by Crippen LogP contribution is -2.14. The maximum Gasteiger partial charge on any atom is 0.228 e. The predicted molar refractivity (Wildman–Crippen MR) is 92.8 cm³/mol. The molecule has 1 fully saturated rings. The molecule has 2 aromatic carbocycles. The van der Waals surface area contributed by atoms with Crippen LogP contribution in [0.1, 0.15) is 30.3 Å². The van der Waals surface area contributed by atoms with Gasteiger partial charge in [-0.2, -0.15) is 0 Å². The summed E-state index contributed by atoms with van der Waals surface area (Å²) in [5.74, 6) is 0.842. The van der Waals surface area contributed by atoms with Crippen LogP contribution >= 0.6 is 0 Å². The first-order chi connectivity index (χ1) is 11.8. The zero-order valence-corrected chi connectivity index (χ0v) is 13.3. The molecule has 0 spiro atoms. The number of benzene rings is 2. The molecule has 1 amide bonds. The van der Waals surface area contributed by atoms with E-state index in [1.165, 1.54) is 0 Å². The average molecular weight is 321 g/mol. The van der Waals surface area contributed by atoms with Gasteiger partial charge in [0.25, 0.3) is 0 Å². The first-order valence-corrected chi connectivity index (χ1v) is 8.23. The molecule has 24 heavy (non-hydrogen) atoms. The summed E-state index contributed by atoms with van der Waals surface area (Å²) in [5.41, 5.74) is 3.57. The van der Waals surface area contributed by atoms with Gasteiger partial charge in [-0.3, -0.25) is 4.79 Å². The molecule has 1 atom stereocenters. The van der Waals surface area contributed by atoms with Crippen molar-refractivity contribution in [2.24, 2.45) is 0 Å². The zero-order chi connectivity index (χ0) is 16.4. The number of nitrogens with zero attached hydrogens (tertiary/aromatic N) is 1. The highest BCUT2D eigenvalue weighted by atomic mass is 16.5. The molecule has 1 unspecified atom stereocenters. The van der Waals surface area contributed by atoms with E-state index in [4.69, 9.17) is 4.74 Å². The van der Waals surface area contributed by atoms with Crippen molar-refractivity contribution in [1.29, 1.82) is 0 Å². The molecular weight excluding hydrogens is 302 g/mol. The summed E-state index contributed by atoms with van der Waals surface area (Å²) in [6, 6.07) is 15.4. The van der Waals surface area contributed by atoms with E-state index >= 15 is 0 Å². The normalized spacial score (nSPS) is 17.2. The molecule has 3 aromatic rings. The summed E-state index contributed by atoms with van der Waals surface area (Å²) in [5, 5.41) is 2.94. The number of anilines is 1. The van der Waals surface area contributed by atoms with Gasteiger partial charge >= 0.3 is 0 Å². The standard InChI is InChI=1S/C19H19N3O2/c23-18(11-13-5-2-1-3-6-13)20-14-8-9-15-16(12-14)22-19(21-15)17-7-4-10-24-17/h1-3,5-6,8-9,12,17H,4,7,10-11H2,(H,20,23)(H,21,22). The van der Waals surface area contributed by atoms with Gasteiger partial charge in [0.05, 0.1) is 17.5 Å². The summed E-state index contributed by atoms with van der Waals surface area (Å²) in [7, 11) is 0. The second-order valence-corrected chi connectivity index (χ2v) is 6.07. The van der Waals surface area contributed by atoms with E-state index in [0.717, 1.165) is 47.6 Å². The highest BCUT2D eigenvalue weighted by Crippen LogP contribution is 2.28. The Labute approximate surface area is 140 Å². The number of aromatic nitrogens is 2. The number of aromatic amines is 1. The minimum absolute atomic E-state index is 0.0283. The zero-order valence-electron chi connectivity index (χ0n) is 13.3. The molecule has 5 nitrogen and oxygen atoms in total. The molecule has 122 valence electrons. The van der Waals surface area contributed by atoms with E-state index in [9.17, 15) is 4.79 Å². The average Bonchev–Trinajstić information content (AvgIpc) is 3.24. The molecule has 2 N–H and O–H groups in total. The highest BCUT2D eigenvalue weighted by Gasteiger charge is 2.21. The molecule has 1 saturated heterocycles. The molecule has 1 aliphatic rings. The number of hydrogen-bond donors (Lipinski definition) is 2. The number of nitrogens with one attached hydrogen (secondary N) is 2. The lowest BCUT2D eigenvalue weighted by Gasteiger charge is -2.05. The molecular formula is C19H19N3O2. The largest absolute Gasteiger partial charge is 0.370 e. The van der Waals surface area contributed by atoms with Crippen LogP contribution in [-0.4, -0.2) is 22.5 Å². The summed E-state index contributed by atoms with van der Waals surface area (Å²) in [4.78, 5) is 20.1. The van der Waals surface area contributed by atoms with Crippen molar-refractivity contribution < 1.29 is 9.53 Å². The van der Waals surface area contributed by atoms with E-state index in [1.807, 2.05) is 48.5 Å². The van der Waals surface area contributed by atoms with Gasteiger partial charge in [0.1, 0.15) is 11.9 Å². The quantitative estimate of drug-likeness (QED) is 0.771. The number of amides is 1. The first-order valence-electron chi connectivity index (χ1n) is 8.23. The number of hydrogen-bond acceptors (Lipinski definition) is 3. The Balaban J connectivity index is 1.49. The van der Waals surface area contributed by atoms with E-state index in [0.29, 0.717) is 6.42 Å². The molecule has 0 radical (unpaired) electrons. The highest BCUT2D eigenvalue weighted by molar-refractivity contribution is 5.94. The maximum atomic E-state index is 12.2. The smallest absolute Gasteiger partial charge is 0.228 e. The lowest BCUT2D eigenvalue weighted by atomic mass is 10.1. The van der Waals surface area contributed by atoms with Gasteiger partial charge in [0.15, 0.2) is 0 Å². The second kappa shape index (κ2) is 6.45. The summed E-state index contributed by atoms with van der Waals surface area (Å²) in [6.45, 7) is 0.794. The van der Waals surface area contributed by atoms with Crippen molar-refractivity contribution >= 4 is 22.6 Å². The minimum Gasteiger partial charge on any atom is -0.370 e. The predicted octanol–water partition coefficient (Wildman–Crippen LogP) is 3.60. The van der Waals surface area contributed by atoms with E-state index in [1.54, 1.807) is 0 Å². The number of imidazole rings is 1. The first kappa shape index (κ1) is 14.9. The fourth-order valence-corrected chi connectivity index (χ4v) is 3.04. The molecule has 5 heteroatoms. The fourth-order valence-electron chi connectivity index (χ4n) is 3.04. The van der Waals surface area contributed by atoms with Gasteiger partial charge in [-0.1, -0.05) is 30.3 Å². The molecule has 1 aromatic heterocycles. The molecule has 0 bridgehead atoms. The van der Waals surface area contributed by atoms with Crippen molar-refractivity contribution in [3.63, 3.8) is 0 Å². The molecule has 0 aliphatic carbocycles. The van der Waals surface area contributed by atoms with Crippen molar-refractivity contribution in [2.75, 3.05) is 11.9 Å². The molecule has 0 saturated carbocycles. The van der Waals surface area contributed by atoms with Gasteiger partial charge in [-0.25, -0.2) is 4.98 Å². The Bertz CT molecular complexity index is 851. The van der Waals surface area contributed by atoms with Gasteiger partial charge in [-0.15, -0.1) is 0 Å². The van der Waals surface area contributed by atoms with Crippen molar-refractivity contribution in [1.82, 2.24) is 9.97 Å². The summed E-state index contributed by atoms with van der Waals surface area (Å²) >= 11 is 0. The Kier molecular flexibility index (Phi) is 4.01. The second-order valence-electron chi connectivity index (χ2n) is 6.07. The van der Waals surface area contributed by atoms with Crippen LogP contribution in [0.25, 0.3) is 11.0 Å². The van der Waals surface area contributed by atoms with Crippen LogP contribution < -0.4 is 5.32 Å². The monoisotopic (exact) mass is 321 g/mol. The third kappa shape index (κ3) is 3.16. The number of ether oxygens (including phenoxy) is 1. The lowest BCUT2D eigenvalue weighted by molar-refractivity contribution is -0.115. The number of carbonyl (C=O) groups excluding carboxylic acids is 1. The number of carbonyl (C=O) groups is 1. The van der Waals surface area contributed by atoms with E-state index in [-0.39, 0.29) is 12.0 Å². The van der Waals surface area contributed by atoms with Crippen LogP contribution in [-0.2, 0) is 16.0 Å². The van der Waals surface area contributed by atoms with E-state index < -0.39 is 0 Å². The Morgan fingerprint density at radius 2 is 2.12 bits per heavy atom. The summed E-state index contributed by atoms with van der Waals surface area (Å²) in [6.07, 6.45) is 2.50. The van der Waals surface area contributed by atoms with Crippen molar-refractivity contribution in [3.05, 3.63) is 59.9 Å². The molecule has 4 rings (SSSR count). The Morgan fingerprint density at radius 1 is 1.25 bits per heavy atom. The van der Waals surface area contributed by atoms with E-state index in [2.05, 4.69) is 15.3 Å². The van der Waals surface area contributed by atoms with Crippen LogP contribution in [0.4, 0.5) is 5.69 Å². The van der Waals surface area contributed by atoms with Gasteiger partial charge in [-0.05, 0) is 36.6 Å². The molecule has 2 heterocycles. The van der Waals surface area contributed by atoms with Crippen LogP contribution in [0.15, 0.2) is 48.5 Å². The van der Waals surface area contributed by atoms with Crippen molar-refractivity contribution in [3.8, 4) is 0 Å². The van der Waals surface area contributed by atoms with Crippen LogP contribution in [0, 0.1) is 0 Å². The maximum absolute atomic E-state index is 12.2. The Morgan fingerprint density at radius 3 is 2.92 bits per heavy atom. The van der Waals surface area contributed by atoms with Crippen LogP contribution in [0.5, 0.6) is 0 Å². The van der Waals surface area contributed by atoms with Crippen LogP contribution in [0.2, 0.25) is 0 Å². The number of rotatable bonds is 4. The van der Waals surface area contributed by atoms with Gasteiger partial charge in [0, 0.05) is 12.3 Å². The third-order valence-corrected chi connectivity index (χ3v) is 4.23. The molecule has 1 aliphatic heterocycles. The van der Waals surface area contributed by atoms with Gasteiger partial charge in [0.2, 0.25) is 5.91 Å². The summed E-state index contributed by atoms with van der Waals surface area (Å²) < 4.78 is 5.67. The Hall–Kier alpha value is -2.66.